The van der Waals surface area contributed by atoms with Crippen LogP contribution in [0.5, 0.6) is 0 Å². The highest BCUT2D eigenvalue weighted by Gasteiger charge is 2.22. The molecule has 3 nitrogen and oxygen atoms in total. The Morgan fingerprint density at radius 3 is 2.82 bits per heavy atom. The molecule has 0 aromatic carbocycles. The summed E-state index contributed by atoms with van der Waals surface area (Å²) in [5.74, 6) is 2.11. The van der Waals surface area contributed by atoms with Crippen LogP contribution in [0.4, 0.5) is 0 Å². The maximum absolute atomic E-state index is 5.77. The second-order valence-corrected chi connectivity index (χ2v) is 5.25. The molecule has 0 amide bonds. The fourth-order valence-electron chi connectivity index (χ4n) is 2.49. The van der Waals surface area contributed by atoms with Crippen molar-refractivity contribution in [1.82, 2.24) is 9.97 Å². The third kappa shape index (κ3) is 2.49. The number of hydrogen-bond donors (Lipinski definition) is 1. The second kappa shape index (κ2) is 5.13. The third-order valence-corrected chi connectivity index (χ3v) is 3.99. The molecule has 94 valence electrons. The number of nitrogens with zero attached hydrogens (tertiary/aromatic N) is 2. The summed E-state index contributed by atoms with van der Waals surface area (Å²) in [5.41, 5.74) is 9.57. The molecule has 0 fully saturated rings. The van der Waals surface area contributed by atoms with Gasteiger partial charge in [-0.15, -0.1) is 0 Å². The molecule has 1 aromatic heterocycles. The number of aryl methyl sites for hydroxylation is 2. The first-order valence-corrected chi connectivity index (χ1v) is 6.72. The van der Waals surface area contributed by atoms with Gasteiger partial charge in [0.05, 0.1) is 0 Å². The Morgan fingerprint density at radius 2 is 2.18 bits per heavy atom. The van der Waals surface area contributed by atoms with Crippen molar-refractivity contribution >= 4 is 0 Å². The second-order valence-electron chi connectivity index (χ2n) is 5.25. The predicted molar refractivity (Wildman–Crippen MR) is 70.0 cm³/mol. The number of rotatable bonds is 3. The van der Waals surface area contributed by atoms with E-state index >= 15 is 0 Å². The summed E-state index contributed by atoms with van der Waals surface area (Å²) in [5, 5.41) is 0. The van der Waals surface area contributed by atoms with Gasteiger partial charge in [0.15, 0.2) is 0 Å². The summed E-state index contributed by atoms with van der Waals surface area (Å²) in [4.78, 5) is 9.44. The van der Waals surface area contributed by atoms with Crippen molar-refractivity contribution in [2.45, 2.75) is 52.4 Å². The molecule has 2 rings (SSSR count). The highest BCUT2D eigenvalue weighted by molar-refractivity contribution is 5.28. The van der Waals surface area contributed by atoms with Crippen LogP contribution in [-0.2, 0) is 12.8 Å². The lowest BCUT2D eigenvalue weighted by Crippen LogP contribution is -2.24. The molecule has 0 bridgehead atoms. The highest BCUT2D eigenvalue weighted by Crippen LogP contribution is 2.27. The summed E-state index contributed by atoms with van der Waals surface area (Å²) in [6.07, 6.45) is 4.42. The molecule has 1 heterocycles. The van der Waals surface area contributed by atoms with Crippen LogP contribution in [0.15, 0.2) is 0 Å². The molecule has 0 spiro atoms. The number of fused-ring (bicyclic) bond motifs is 1. The van der Waals surface area contributed by atoms with Crippen LogP contribution in [0.2, 0.25) is 0 Å². The number of nitrogens with two attached hydrogens (primary N) is 1. The zero-order valence-electron chi connectivity index (χ0n) is 11.2. The SMILES string of the molecule is CCC(C)c1nc(C)c2c(n1)CCC(CN)C2. The average Bonchev–Trinajstić information content (AvgIpc) is 2.37. The van der Waals surface area contributed by atoms with Crippen molar-refractivity contribution in [3.8, 4) is 0 Å². The van der Waals surface area contributed by atoms with Gasteiger partial charge in [-0.25, -0.2) is 9.97 Å². The van der Waals surface area contributed by atoms with Gasteiger partial charge in [-0.05, 0) is 50.6 Å². The minimum atomic E-state index is 0.464. The summed E-state index contributed by atoms with van der Waals surface area (Å²) in [6.45, 7) is 7.29. The van der Waals surface area contributed by atoms with Crippen LogP contribution >= 0.6 is 0 Å². The van der Waals surface area contributed by atoms with E-state index in [9.17, 15) is 0 Å². The average molecular weight is 233 g/mol. The van der Waals surface area contributed by atoms with E-state index < -0.39 is 0 Å². The lowest BCUT2D eigenvalue weighted by Gasteiger charge is -2.25. The van der Waals surface area contributed by atoms with E-state index in [-0.39, 0.29) is 0 Å². The Bertz CT molecular complexity index is 401. The largest absolute Gasteiger partial charge is 0.330 e. The number of hydrogen-bond acceptors (Lipinski definition) is 3. The van der Waals surface area contributed by atoms with Gasteiger partial charge in [-0.1, -0.05) is 13.8 Å². The zero-order chi connectivity index (χ0) is 12.4. The summed E-state index contributed by atoms with van der Waals surface area (Å²) < 4.78 is 0. The first kappa shape index (κ1) is 12.5. The van der Waals surface area contributed by atoms with Gasteiger partial charge < -0.3 is 5.73 Å². The Labute approximate surface area is 104 Å². The maximum atomic E-state index is 5.77. The van der Waals surface area contributed by atoms with Gasteiger partial charge in [-0.2, -0.15) is 0 Å². The molecular weight excluding hydrogens is 210 g/mol. The molecule has 0 saturated heterocycles. The van der Waals surface area contributed by atoms with E-state index in [1.807, 2.05) is 0 Å². The minimum absolute atomic E-state index is 0.464. The van der Waals surface area contributed by atoms with Crippen LogP contribution in [-0.4, -0.2) is 16.5 Å². The summed E-state index contributed by atoms with van der Waals surface area (Å²) >= 11 is 0. The highest BCUT2D eigenvalue weighted by atomic mass is 14.9. The van der Waals surface area contributed by atoms with Crippen molar-refractivity contribution < 1.29 is 0 Å². The Balaban J connectivity index is 2.33. The first-order chi connectivity index (χ1) is 8.15. The molecule has 1 aliphatic rings. The van der Waals surface area contributed by atoms with Gasteiger partial charge in [0.2, 0.25) is 0 Å². The lowest BCUT2D eigenvalue weighted by molar-refractivity contribution is 0.456. The predicted octanol–water partition coefficient (Wildman–Crippen LogP) is 2.36. The van der Waals surface area contributed by atoms with Gasteiger partial charge in [0, 0.05) is 17.3 Å². The lowest BCUT2D eigenvalue weighted by atomic mass is 9.85. The van der Waals surface area contributed by atoms with E-state index in [4.69, 9.17) is 10.7 Å². The quantitative estimate of drug-likeness (QED) is 0.872. The Hall–Kier alpha value is -0.960. The van der Waals surface area contributed by atoms with Gasteiger partial charge in [0.1, 0.15) is 5.82 Å². The van der Waals surface area contributed by atoms with Crippen molar-refractivity contribution in [2.24, 2.45) is 11.7 Å². The monoisotopic (exact) mass is 233 g/mol. The number of aromatic nitrogens is 2. The van der Waals surface area contributed by atoms with Crippen molar-refractivity contribution in [3.05, 3.63) is 22.8 Å². The van der Waals surface area contributed by atoms with E-state index in [0.717, 1.165) is 31.6 Å². The molecule has 17 heavy (non-hydrogen) atoms. The third-order valence-electron chi connectivity index (χ3n) is 3.99. The van der Waals surface area contributed by atoms with Crippen molar-refractivity contribution in [2.75, 3.05) is 6.54 Å². The van der Waals surface area contributed by atoms with Gasteiger partial charge in [0.25, 0.3) is 0 Å². The zero-order valence-corrected chi connectivity index (χ0v) is 11.2. The standard InChI is InChI=1S/C14H23N3/c1-4-9(2)14-16-10(3)12-7-11(8-15)5-6-13(12)17-14/h9,11H,4-8,15H2,1-3H3. The van der Waals surface area contributed by atoms with Crippen molar-refractivity contribution in [3.63, 3.8) is 0 Å². The molecule has 0 saturated carbocycles. The van der Waals surface area contributed by atoms with E-state index in [1.165, 1.54) is 23.4 Å². The minimum Gasteiger partial charge on any atom is -0.330 e. The Kier molecular flexibility index (Phi) is 3.77. The smallest absolute Gasteiger partial charge is 0.131 e. The molecule has 2 unspecified atom stereocenters. The molecule has 0 radical (unpaired) electrons. The molecule has 3 heteroatoms. The summed E-state index contributed by atoms with van der Waals surface area (Å²) in [7, 11) is 0. The van der Waals surface area contributed by atoms with Crippen LogP contribution in [0, 0.1) is 12.8 Å². The van der Waals surface area contributed by atoms with E-state index in [0.29, 0.717) is 11.8 Å². The molecule has 2 N–H and O–H groups in total. The molecule has 2 atom stereocenters. The molecule has 1 aliphatic carbocycles. The van der Waals surface area contributed by atoms with Crippen LogP contribution in [0.1, 0.15) is 55.4 Å². The van der Waals surface area contributed by atoms with Gasteiger partial charge >= 0.3 is 0 Å². The van der Waals surface area contributed by atoms with E-state index in [2.05, 4.69) is 25.8 Å². The fraction of sp³-hybridized carbons (Fsp3) is 0.714. The van der Waals surface area contributed by atoms with Crippen molar-refractivity contribution in [1.29, 1.82) is 0 Å². The summed E-state index contributed by atoms with van der Waals surface area (Å²) in [6, 6.07) is 0. The van der Waals surface area contributed by atoms with Crippen LogP contribution < -0.4 is 5.73 Å². The Morgan fingerprint density at radius 1 is 1.41 bits per heavy atom. The topological polar surface area (TPSA) is 51.8 Å². The molecular formula is C14H23N3. The molecule has 1 aromatic rings. The van der Waals surface area contributed by atoms with E-state index in [1.54, 1.807) is 0 Å². The molecule has 0 aliphatic heterocycles. The normalized spacial score (nSPS) is 21.1. The first-order valence-electron chi connectivity index (χ1n) is 6.72. The fourth-order valence-corrected chi connectivity index (χ4v) is 2.49. The van der Waals surface area contributed by atoms with Gasteiger partial charge in [-0.3, -0.25) is 0 Å². The van der Waals surface area contributed by atoms with Crippen LogP contribution in [0.3, 0.4) is 0 Å². The maximum Gasteiger partial charge on any atom is 0.131 e. The van der Waals surface area contributed by atoms with Crippen LogP contribution in [0.25, 0.3) is 0 Å².